The third-order valence-corrected chi connectivity index (χ3v) is 4.17. The molecule has 24 heavy (non-hydrogen) atoms. The minimum absolute atomic E-state index is 0.136. The van der Waals surface area contributed by atoms with E-state index in [1.54, 1.807) is 25.0 Å². The molecular weight excluding hydrogens is 312 g/mol. The largest absolute Gasteiger partial charge is 0.444 e. The van der Waals surface area contributed by atoms with Gasteiger partial charge >= 0.3 is 6.09 Å². The number of amides is 2. The maximum Gasteiger partial charge on any atom is 0.411 e. The summed E-state index contributed by atoms with van der Waals surface area (Å²) in [7, 11) is 1.55. The van der Waals surface area contributed by atoms with Gasteiger partial charge in [0.15, 0.2) is 0 Å². The van der Waals surface area contributed by atoms with Crippen LogP contribution in [0.5, 0.6) is 0 Å². The molecule has 0 saturated carbocycles. The summed E-state index contributed by atoms with van der Waals surface area (Å²) in [6.07, 6.45) is 4.42. The maximum atomic E-state index is 13.1. The summed E-state index contributed by atoms with van der Waals surface area (Å²) >= 11 is 0. The normalized spacial score (nSPS) is 27.0. The molecule has 0 radical (unpaired) electrons. The van der Waals surface area contributed by atoms with Crippen molar-refractivity contribution in [3.8, 4) is 0 Å². The minimum atomic E-state index is -1.05. The van der Waals surface area contributed by atoms with Crippen LogP contribution in [0.2, 0.25) is 0 Å². The lowest BCUT2D eigenvalue weighted by atomic mass is 10.0. The van der Waals surface area contributed by atoms with E-state index < -0.39 is 17.2 Å². The Hall–Kier alpha value is -1.60. The molecule has 2 amide bonds. The standard InChI is InChI=1S/C17H28N2O5/c1-16(2,3)24-15(21)19-11-7-9-17(19,4)14(20)18-10-6-8-13(18)23-12-22-5/h7,9,13H,6,8,10-12H2,1-5H3/t13-,17+/m0/s1. The summed E-state index contributed by atoms with van der Waals surface area (Å²) in [4.78, 5) is 28.8. The molecule has 2 heterocycles. The van der Waals surface area contributed by atoms with Gasteiger partial charge in [0.1, 0.15) is 24.2 Å². The van der Waals surface area contributed by atoms with E-state index >= 15 is 0 Å². The van der Waals surface area contributed by atoms with Crippen LogP contribution in [0.4, 0.5) is 4.79 Å². The van der Waals surface area contributed by atoms with Crippen molar-refractivity contribution in [1.29, 1.82) is 0 Å². The Bertz CT molecular complexity index is 514. The molecule has 1 fully saturated rings. The zero-order valence-corrected chi connectivity index (χ0v) is 15.2. The van der Waals surface area contributed by atoms with Gasteiger partial charge in [0.2, 0.25) is 0 Å². The lowest BCUT2D eigenvalue weighted by Crippen LogP contribution is -2.58. The molecule has 2 rings (SSSR count). The third-order valence-electron chi connectivity index (χ3n) is 4.17. The lowest BCUT2D eigenvalue weighted by Gasteiger charge is -2.38. The number of ether oxygens (including phenoxy) is 3. The fourth-order valence-electron chi connectivity index (χ4n) is 3.01. The SMILES string of the molecule is COCO[C@H]1CCCN1C(=O)[C@@]1(C)C=CCN1C(=O)OC(C)(C)C. The Morgan fingerprint density at radius 3 is 2.67 bits per heavy atom. The summed E-state index contributed by atoms with van der Waals surface area (Å²) < 4.78 is 16.0. The highest BCUT2D eigenvalue weighted by Crippen LogP contribution is 2.31. The Kier molecular flexibility index (Phi) is 5.55. The van der Waals surface area contributed by atoms with Crippen LogP contribution in [-0.4, -0.2) is 66.2 Å². The molecule has 0 aliphatic carbocycles. The molecule has 0 bridgehead atoms. The lowest BCUT2D eigenvalue weighted by molar-refractivity contribution is -0.160. The van der Waals surface area contributed by atoms with Crippen molar-refractivity contribution in [3.63, 3.8) is 0 Å². The average Bonchev–Trinajstić information content (AvgIpc) is 3.09. The van der Waals surface area contributed by atoms with Gasteiger partial charge in [0.05, 0.1) is 0 Å². The monoisotopic (exact) mass is 340 g/mol. The quantitative estimate of drug-likeness (QED) is 0.579. The number of carbonyl (C=O) groups is 2. The van der Waals surface area contributed by atoms with Crippen molar-refractivity contribution in [3.05, 3.63) is 12.2 Å². The van der Waals surface area contributed by atoms with Crippen molar-refractivity contribution >= 4 is 12.0 Å². The highest BCUT2D eigenvalue weighted by atomic mass is 16.7. The van der Waals surface area contributed by atoms with Gasteiger partial charge in [0.25, 0.3) is 5.91 Å². The zero-order chi connectivity index (χ0) is 18.0. The van der Waals surface area contributed by atoms with Gasteiger partial charge in [-0.3, -0.25) is 9.69 Å². The number of methoxy groups -OCH3 is 1. The Balaban J connectivity index is 2.13. The number of hydrogen-bond donors (Lipinski definition) is 0. The van der Waals surface area contributed by atoms with Gasteiger partial charge < -0.3 is 19.1 Å². The molecule has 0 spiro atoms. The molecule has 0 aromatic rings. The molecule has 2 aliphatic heterocycles. The highest BCUT2D eigenvalue weighted by molar-refractivity contribution is 5.93. The summed E-state index contributed by atoms with van der Waals surface area (Å²) in [5.41, 5.74) is -1.66. The van der Waals surface area contributed by atoms with Crippen LogP contribution in [-0.2, 0) is 19.0 Å². The number of nitrogens with zero attached hydrogens (tertiary/aromatic N) is 2. The van der Waals surface area contributed by atoms with Gasteiger partial charge in [0, 0.05) is 20.2 Å². The second-order valence-corrected chi connectivity index (χ2v) is 7.31. The van der Waals surface area contributed by atoms with Crippen LogP contribution in [0.25, 0.3) is 0 Å². The molecule has 0 N–H and O–H groups in total. The smallest absolute Gasteiger partial charge is 0.411 e. The zero-order valence-electron chi connectivity index (χ0n) is 15.2. The van der Waals surface area contributed by atoms with E-state index in [0.717, 1.165) is 12.8 Å². The van der Waals surface area contributed by atoms with Crippen LogP contribution in [0, 0.1) is 0 Å². The summed E-state index contributed by atoms with van der Waals surface area (Å²) in [6.45, 7) is 8.27. The van der Waals surface area contributed by atoms with E-state index in [4.69, 9.17) is 14.2 Å². The van der Waals surface area contributed by atoms with Crippen LogP contribution in [0.15, 0.2) is 12.2 Å². The Labute approximate surface area is 143 Å². The van der Waals surface area contributed by atoms with E-state index in [1.807, 2.05) is 26.8 Å². The first-order valence-electron chi connectivity index (χ1n) is 8.29. The van der Waals surface area contributed by atoms with Crippen molar-refractivity contribution in [2.24, 2.45) is 0 Å². The van der Waals surface area contributed by atoms with E-state index in [9.17, 15) is 9.59 Å². The van der Waals surface area contributed by atoms with Crippen LogP contribution >= 0.6 is 0 Å². The van der Waals surface area contributed by atoms with Crippen molar-refractivity contribution in [1.82, 2.24) is 9.80 Å². The first-order valence-corrected chi connectivity index (χ1v) is 8.29. The molecule has 0 aromatic carbocycles. The first kappa shape index (κ1) is 18.7. The van der Waals surface area contributed by atoms with Crippen LogP contribution < -0.4 is 0 Å². The van der Waals surface area contributed by atoms with Crippen LogP contribution in [0.1, 0.15) is 40.5 Å². The average molecular weight is 340 g/mol. The van der Waals surface area contributed by atoms with Crippen molar-refractivity contribution < 1.29 is 23.8 Å². The molecule has 2 aliphatic rings. The number of carbonyl (C=O) groups excluding carboxylic acids is 2. The summed E-state index contributed by atoms with van der Waals surface area (Å²) in [5.74, 6) is -0.152. The van der Waals surface area contributed by atoms with Gasteiger partial charge in [-0.05, 0) is 40.5 Å². The molecule has 2 atom stereocenters. The van der Waals surface area contributed by atoms with Crippen molar-refractivity contribution in [2.45, 2.75) is 57.9 Å². The molecule has 0 aromatic heterocycles. The molecule has 136 valence electrons. The number of rotatable bonds is 4. The summed E-state index contributed by atoms with van der Waals surface area (Å²) in [6, 6.07) is 0. The van der Waals surface area contributed by atoms with E-state index in [-0.39, 0.29) is 18.9 Å². The number of hydrogen-bond acceptors (Lipinski definition) is 5. The Morgan fingerprint density at radius 1 is 1.33 bits per heavy atom. The molecule has 1 saturated heterocycles. The Morgan fingerprint density at radius 2 is 2.04 bits per heavy atom. The number of likely N-dealkylation sites (tertiary alicyclic amines) is 1. The first-order chi connectivity index (χ1) is 11.2. The highest BCUT2D eigenvalue weighted by Gasteiger charge is 2.48. The third kappa shape index (κ3) is 3.89. The topological polar surface area (TPSA) is 68.3 Å². The fourth-order valence-corrected chi connectivity index (χ4v) is 3.01. The van der Waals surface area contributed by atoms with E-state index in [2.05, 4.69) is 0 Å². The van der Waals surface area contributed by atoms with Crippen molar-refractivity contribution in [2.75, 3.05) is 27.0 Å². The predicted molar refractivity (Wildman–Crippen MR) is 88.2 cm³/mol. The van der Waals surface area contributed by atoms with Gasteiger partial charge in [-0.15, -0.1) is 0 Å². The van der Waals surface area contributed by atoms with E-state index in [0.29, 0.717) is 13.1 Å². The second kappa shape index (κ2) is 7.11. The van der Waals surface area contributed by atoms with Crippen LogP contribution in [0.3, 0.4) is 0 Å². The van der Waals surface area contributed by atoms with E-state index in [1.165, 1.54) is 4.90 Å². The van der Waals surface area contributed by atoms with Gasteiger partial charge in [-0.25, -0.2) is 4.79 Å². The maximum absolute atomic E-state index is 13.1. The minimum Gasteiger partial charge on any atom is -0.444 e. The molecule has 0 unspecified atom stereocenters. The van der Waals surface area contributed by atoms with Gasteiger partial charge in [-0.1, -0.05) is 12.2 Å². The molecule has 7 nitrogen and oxygen atoms in total. The summed E-state index contributed by atoms with van der Waals surface area (Å²) in [5, 5.41) is 0. The fraction of sp³-hybridized carbons (Fsp3) is 0.765. The van der Waals surface area contributed by atoms with Gasteiger partial charge in [-0.2, -0.15) is 0 Å². The molecule has 7 heteroatoms. The molecular formula is C17H28N2O5. The predicted octanol–water partition coefficient (Wildman–Crippen LogP) is 2.12. The second-order valence-electron chi connectivity index (χ2n) is 7.31.